The van der Waals surface area contributed by atoms with Crippen LogP contribution in [0.3, 0.4) is 0 Å². The van der Waals surface area contributed by atoms with Gasteiger partial charge in [0.2, 0.25) is 5.91 Å². The Morgan fingerprint density at radius 3 is 2.83 bits per heavy atom. The Labute approximate surface area is 141 Å². The average Bonchev–Trinajstić information content (AvgIpc) is 2.48. The van der Waals surface area contributed by atoms with Crippen LogP contribution >= 0.6 is 11.6 Å². The maximum atomic E-state index is 12.4. The van der Waals surface area contributed by atoms with Gasteiger partial charge in [-0.15, -0.1) is 0 Å². The fourth-order valence-electron chi connectivity index (χ4n) is 2.40. The van der Waals surface area contributed by atoms with E-state index in [0.717, 1.165) is 12.8 Å². The predicted molar refractivity (Wildman–Crippen MR) is 88.4 cm³/mol. The topological polar surface area (TPSA) is 71.5 Å². The lowest BCUT2D eigenvalue weighted by Crippen LogP contribution is -2.45. The Morgan fingerprint density at radius 1 is 1.43 bits per heavy atom. The van der Waals surface area contributed by atoms with Gasteiger partial charge in [0.15, 0.2) is 5.15 Å². The number of aromatic nitrogens is 1. The minimum Gasteiger partial charge on any atom is -0.444 e. The summed E-state index contributed by atoms with van der Waals surface area (Å²) >= 11 is 5.95. The van der Waals surface area contributed by atoms with Crippen LogP contribution in [-0.2, 0) is 9.53 Å². The molecule has 7 heteroatoms. The molecule has 1 unspecified atom stereocenters. The molecule has 2 amide bonds. The van der Waals surface area contributed by atoms with Crippen LogP contribution in [0.2, 0.25) is 5.15 Å². The largest absolute Gasteiger partial charge is 0.444 e. The average molecular weight is 340 g/mol. The van der Waals surface area contributed by atoms with Crippen LogP contribution in [0.15, 0.2) is 18.3 Å². The number of ether oxygens (including phenoxy) is 1. The van der Waals surface area contributed by atoms with Gasteiger partial charge in [-0.25, -0.2) is 9.78 Å². The molecule has 23 heavy (non-hydrogen) atoms. The van der Waals surface area contributed by atoms with E-state index in [0.29, 0.717) is 18.8 Å². The van der Waals surface area contributed by atoms with Crippen molar-refractivity contribution in [2.24, 2.45) is 5.92 Å². The lowest BCUT2D eigenvalue weighted by atomic mass is 9.97. The number of nitrogens with zero attached hydrogens (tertiary/aromatic N) is 2. The molecule has 0 spiro atoms. The van der Waals surface area contributed by atoms with Crippen molar-refractivity contribution >= 4 is 29.3 Å². The van der Waals surface area contributed by atoms with Gasteiger partial charge in [-0.05, 0) is 45.7 Å². The third-order valence-corrected chi connectivity index (χ3v) is 3.76. The summed E-state index contributed by atoms with van der Waals surface area (Å²) in [5.74, 6) is -0.444. The molecule has 2 rings (SSSR count). The number of piperidine rings is 1. The summed E-state index contributed by atoms with van der Waals surface area (Å²) in [5, 5.41) is 3.03. The number of amides is 2. The van der Waals surface area contributed by atoms with Crippen molar-refractivity contribution in [1.29, 1.82) is 0 Å². The van der Waals surface area contributed by atoms with Crippen molar-refractivity contribution in [3.8, 4) is 0 Å². The molecule has 1 aromatic heterocycles. The highest BCUT2D eigenvalue weighted by Crippen LogP contribution is 2.23. The van der Waals surface area contributed by atoms with Crippen LogP contribution in [0.4, 0.5) is 10.5 Å². The monoisotopic (exact) mass is 339 g/mol. The number of carbonyl (C=O) groups excluding carboxylic acids is 2. The zero-order valence-electron chi connectivity index (χ0n) is 13.6. The van der Waals surface area contributed by atoms with E-state index in [-0.39, 0.29) is 23.1 Å². The van der Waals surface area contributed by atoms with Crippen molar-refractivity contribution < 1.29 is 14.3 Å². The van der Waals surface area contributed by atoms with Crippen LogP contribution in [-0.4, -0.2) is 40.6 Å². The minimum absolute atomic E-state index is 0.159. The molecule has 1 aromatic rings. The van der Waals surface area contributed by atoms with Crippen molar-refractivity contribution in [3.05, 3.63) is 23.5 Å². The summed E-state index contributed by atoms with van der Waals surface area (Å²) in [6, 6.07) is 3.40. The Hall–Kier alpha value is -1.82. The molecule has 6 nitrogen and oxygen atoms in total. The second-order valence-corrected chi connectivity index (χ2v) is 6.95. The van der Waals surface area contributed by atoms with Crippen LogP contribution < -0.4 is 5.32 Å². The molecule has 0 saturated carbocycles. The second-order valence-electron chi connectivity index (χ2n) is 6.60. The van der Waals surface area contributed by atoms with Crippen molar-refractivity contribution in [3.63, 3.8) is 0 Å². The number of halogens is 1. The predicted octanol–water partition coefficient (Wildman–Crippen LogP) is 3.32. The first-order valence-electron chi connectivity index (χ1n) is 7.65. The molecule has 0 bridgehead atoms. The molecule has 0 radical (unpaired) electrons. The molecule has 1 aliphatic heterocycles. The van der Waals surface area contributed by atoms with Gasteiger partial charge in [0.25, 0.3) is 0 Å². The number of nitrogens with one attached hydrogen (secondary N) is 1. The van der Waals surface area contributed by atoms with E-state index in [1.165, 1.54) is 0 Å². The van der Waals surface area contributed by atoms with Gasteiger partial charge in [0.1, 0.15) is 5.60 Å². The van der Waals surface area contributed by atoms with Gasteiger partial charge in [0, 0.05) is 19.3 Å². The van der Waals surface area contributed by atoms with Gasteiger partial charge in [0.05, 0.1) is 11.6 Å². The Balaban J connectivity index is 1.96. The first kappa shape index (κ1) is 17.5. The van der Waals surface area contributed by atoms with Gasteiger partial charge in [-0.1, -0.05) is 11.6 Å². The van der Waals surface area contributed by atoms with E-state index in [4.69, 9.17) is 16.3 Å². The molecule has 126 valence electrons. The molecule has 1 saturated heterocycles. The Morgan fingerprint density at radius 2 is 2.17 bits per heavy atom. The number of carbonyl (C=O) groups is 2. The Bertz CT molecular complexity index is 586. The highest BCUT2D eigenvalue weighted by Gasteiger charge is 2.31. The lowest BCUT2D eigenvalue weighted by molar-refractivity contribution is -0.121. The smallest absolute Gasteiger partial charge is 0.410 e. The molecule has 0 aliphatic carbocycles. The van der Waals surface area contributed by atoms with E-state index >= 15 is 0 Å². The number of hydrogen-bond donors (Lipinski definition) is 1. The summed E-state index contributed by atoms with van der Waals surface area (Å²) < 4.78 is 5.37. The summed E-state index contributed by atoms with van der Waals surface area (Å²) in [4.78, 5) is 30.0. The summed E-state index contributed by atoms with van der Waals surface area (Å²) in [6.45, 7) is 6.42. The van der Waals surface area contributed by atoms with Crippen molar-refractivity contribution in [2.45, 2.75) is 39.2 Å². The van der Waals surface area contributed by atoms with Gasteiger partial charge < -0.3 is 15.0 Å². The van der Waals surface area contributed by atoms with E-state index < -0.39 is 5.60 Å². The summed E-state index contributed by atoms with van der Waals surface area (Å²) in [7, 11) is 0. The van der Waals surface area contributed by atoms with Gasteiger partial charge in [-0.2, -0.15) is 0 Å². The van der Waals surface area contributed by atoms with Crippen LogP contribution in [0.25, 0.3) is 0 Å². The summed E-state index contributed by atoms with van der Waals surface area (Å²) in [6.07, 6.45) is 2.67. The van der Waals surface area contributed by atoms with Crippen LogP contribution in [0, 0.1) is 5.92 Å². The van der Waals surface area contributed by atoms with E-state index in [9.17, 15) is 9.59 Å². The highest BCUT2D eigenvalue weighted by atomic mass is 35.5. The van der Waals surface area contributed by atoms with Crippen LogP contribution in [0.5, 0.6) is 0 Å². The molecule has 1 atom stereocenters. The minimum atomic E-state index is -0.546. The quantitative estimate of drug-likeness (QED) is 0.839. The van der Waals surface area contributed by atoms with E-state index in [2.05, 4.69) is 10.3 Å². The molecule has 2 heterocycles. The fraction of sp³-hybridized carbons (Fsp3) is 0.562. The third-order valence-electron chi connectivity index (χ3n) is 3.46. The number of anilines is 1. The number of rotatable bonds is 2. The van der Waals surface area contributed by atoms with E-state index in [1.54, 1.807) is 23.2 Å². The van der Waals surface area contributed by atoms with Gasteiger partial charge in [-0.3, -0.25) is 4.79 Å². The van der Waals surface area contributed by atoms with Crippen molar-refractivity contribution in [2.75, 3.05) is 18.4 Å². The lowest BCUT2D eigenvalue weighted by Gasteiger charge is -2.33. The number of likely N-dealkylation sites (tertiary alicyclic amines) is 1. The number of pyridine rings is 1. The second kappa shape index (κ2) is 7.17. The normalized spacial score (nSPS) is 18.4. The maximum absolute atomic E-state index is 12.4. The SMILES string of the molecule is CC(C)(C)OC(=O)N1CCCC(C(=O)Nc2cccnc2Cl)C1. The molecular weight excluding hydrogens is 318 g/mol. The standard InChI is InChI=1S/C16H22ClN3O3/c1-16(2,3)23-15(22)20-9-5-6-11(10-20)14(21)19-12-7-4-8-18-13(12)17/h4,7-8,11H,5-6,9-10H2,1-3H3,(H,19,21). The first-order valence-corrected chi connectivity index (χ1v) is 8.03. The number of hydrogen-bond acceptors (Lipinski definition) is 4. The summed E-state index contributed by atoms with van der Waals surface area (Å²) in [5.41, 5.74) is -0.0660. The molecular formula is C16H22ClN3O3. The molecule has 1 aliphatic rings. The third kappa shape index (κ3) is 5.10. The molecule has 1 fully saturated rings. The Kier molecular flexibility index (Phi) is 5.46. The molecule has 1 N–H and O–H groups in total. The highest BCUT2D eigenvalue weighted by molar-refractivity contribution is 6.32. The zero-order chi connectivity index (χ0) is 17.0. The van der Waals surface area contributed by atoms with E-state index in [1.807, 2.05) is 20.8 Å². The van der Waals surface area contributed by atoms with Gasteiger partial charge >= 0.3 is 6.09 Å². The first-order chi connectivity index (χ1) is 10.8. The zero-order valence-corrected chi connectivity index (χ0v) is 14.4. The fourth-order valence-corrected chi connectivity index (χ4v) is 2.56. The van der Waals surface area contributed by atoms with Crippen LogP contribution in [0.1, 0.15) is 33.6 Å². The molecule has 0 aromatic carbocycles. The van der Waals surface area contributed by atoms with Crippen molar-refractivity contribution in [1.82, 2.24) is 9.88 Å². The maximum Gasteiger partial charge on any atom is 0.410 e.